The Bertz CT molecular complexity index is 1020. The van der Waals surface area contributed by atoms with E-state index in [2.05, 4.69) is 32.6 Å². The van der Waals surface area contributed by atoms with Crippen LogP contribution < -0.4 is 16.2 Å². The van der Waals surface area contributed by atoms with Gasteiger partial charge in [-0.05, 0) is 38.0 Å². The van der Waals surface area contributed by atoms with Crippen LogP contribution in [0.5, 0.6) is 0 Å². The maximum absolute atomic E-state index is 12.8. The lowest BCUT2D eigenvalue weighted by Crippen LogP contribution is -2.55. The van der Waals surface area contributed by atoms with E-state index < -0.39 is 5.54 Å². The number of rotatable bonds is 2. The van der Waals surface area contributed by atoms with Crippen molar-refractivity contribution in [3.8, 4) is 0 Å². The van der Waals surface area contributed by atoms with Crippen molar-refractivity contribution >= 4 is 34.4 Å². The molecule has 3 heterocycles. The van der Waals surface area contributed by atoms with Crippen LogP contribution in [-0.2, 0) is 10.3 Å². The maximum atomic E-state index is 12.8. The van der Waals surface area contributed by atoms with Crippen LogP contribution >= 0.6 is 0 Å². The lowest BCUT2D eigenvalue weighted by Gasteiger charge is -2.41. The highest BCUT2D eigenvalue weighted by molar-refractivity contribution is 5.93. The zero-order chi connectivity index (χ0) is 18.4. The summed E-state index contributed by atoms with van der Waals surface area (Å²) in [5.74, 6) is 1.43. The minimum absolute atomic E-state index is 0.0267. The summed E-state index contributed by atoms with van der Waals surface area (Å²) in [5, 5.41) is 4.19. The number of aromatic nitrogens is 3. The second-order valence-corrected chi connectivity index (χ2v) is 7.50. The molecule has 3 N–H and O–H groups in total. The lowest BCUT2D eigenvalue weighted by atomic mass is 9.80. The van der Waals surface area contributed by atoms with Crippen molar-refractivity contribution in [2.24, 2.45) is 0 Å². The first-order valence-corrected chi connectivity index (χ1v) is 9.45. The molecule has 1 aliphatic carbocycles. The van der Waals surface area contributed by atoms with Gasteiger partial charge in [-0.2, -0.15) is 4.98 Å². The van der Waals surface area contributed by atoms with Gasteiger partial charge in [0.15, 0.2) is 0 Å². The highest BCUT2D eigenvalue weighted by Crippen LogP contribution is 2.42. The van der Waals surface area contributed by atoms with Gasteiger partial charge in [-0.25, -0.2) is 4.98 Å². The second kappa shape index (κ2) is 5.97. The van der Waals surface area contributed by atoms with E-state index >= 15 is 0 Å². The summed E-state index contributed by atoms with van der Waals surface area (Å²) in [6, 6.07) is 10.1. The third kappa shape index (κ3) is 2.53. The monoisotopic (exact) mass is 362 g/mol. The number of anilines is 3. The van der Waals surface area contributed by atoms with E-state index in [1.54, 1.807) is 0 Å². The third-order valence-corrected chi connectivity index (χ3v) is 5.68. The summed E-state index contributed by atoms with van der Waals surface area (Å²) < 4.78 is 2.09. The van der Waals surface area contributed by atoms with Gasteiger partial charge in [0, 0.05) is 17.3 Å². The minimum Gasteiger partial charge on any atom is -0.324 e. The van der Waals surface area contributed by atoms with Crippen LogP contribution in [0.1, 0.15) is 37.7 Å². The van der Waals surface area contributed by atoms with E-state index in [1.165, 1.54) is 12.0 Å². The third-order valence-electron chi connectivity index (χ3n) is 5.68. The second-order valence-electron chi connectivity index (χ2n) is 7.50. The van der Waals surface area contributed by atoms with E-state index in [0.29, 0.717) is 5.95 Å². The average Bonchev–Trinajstić information content (AvgIpc) is 3.06. The summed E-state index contributed by atoms with van der Waals surface area (Å²) in [6.07, 6.45) is 6.75. The number of amides is 1. The van der Waals surface area contributed by atoms with E-state index in [0.717, 1.165) is 48.2 Å². The first-order valence-electron chi connectivity index (χ1n) is 9.45. The minimum atomic E-state index is -0.559. The molecular weight excluding hydrogens is 340 g/mol. The number of hydrogen-bond acceptors (Lipinski definition) is 5. The molecule has 7 heteroatoms. The molecule has 0 atom stereocenters. The lowest BCUT2D eigenvalue weighted by molar-refractivity contribution is -0.131. The van der Waals surface area contributed by atoms with E-state index in [9.17, 15) is 4.79 Å². The van der Waals surface area contributed by atoms with Gasteiger partial charge in [-0.15, -0.1) is 0 Å². The number of aryl methyl sites for hydroxylation is 1. The molecule has 2 aromatic heterocycles. The molecule has 3 aromatic rings. The fraction of sp³-hybridized carbons (Fsp3) is 0.350. The predicted octanol–water partition coefficient (Wildman–Crippen LogP) is 3.60. The summed E-state index contributed by atoms with van der Waals surface area (Å²) in [7, 11) is 0. The van der Waals surface area contributed by atoms with Crippen LogP contribution in [0.4, 0.5) is 17.5 Å². The summed E-state index contributed by atoms with van der Waals surface area (Å²) in [5.41, 5.74) is 8.24. The Hall–Kier alpha value is -3.09. The SMILES string of the molecule is Cc1ccc(Nc2ncc3cc4n(c3n2)C2(CCCCC2)C(=O)NN4)cc1. The van der Waals surface area contributed by atoms with Gasteiger partial charge in [-0.1, -0.05) is 37.0 Å². The van der Waals surface area contributed by atoms with Gasteiger partial charge in [0.05, 0.1) is 0 Å². The molecule has 5 rings (SSSR count). The van der Waals surface area contributed by atoms with Gasteiger partial charge in [0.1, 0.15) is 17.0 Å². The molecule has 1 fully saturated rings. The standard InChI is InChI=1S/C20H22N6O/c1-13-5-7-15(8-6-13)22-19-21-12-14-11-16-24-25-18(27)20(9-3-2-4-10-20)26(16)17(14)23-19/h5-8,11-12,24H,2-4,9-10H2,1H3,(H,25,27)(H,21,22,23). The number of nitrogens with one attached hydrogen (secondary N) is 3. The first kappa shape index (κ1) is 16.1. The molecular formula is C20H22N6O. The fourth-order valence-corrected chi connectivity index (χ4v) is 4.27. The Balaban J connectivity index is 1.61. The van der Waals surface area contributed by atoms with Crippen LogP contribution in [0.2, 0.25) is 0 Å². The number of hydrazine groups is 1. The Kier molecular flexibility index (Phi) is 3.56. The highest BCUT2D eigenvalue weighted by atomic mass is 16.2. The Morgan fingerprint density at radius 2 is 1.89 bits per heavy atom. The van der Waals surface area contributed by atoms with Crippen LogP contribution in [0.25, 0.3) is 11.0 Å². The van der Waals surface area contributed by atoms with Gasteiger partial charge < -0.3 is 5.32 Å². The number of benzene rings is 1. The molecule has 1 spiro atoms. The van der Waals surface area contributed by atoms with Crippen LogP contribution in [0.3, 0.4) is 0 Å². The predicted molar refractivity (Wildman–Crippen MR) is 105 cm³/mol. The summed E-state index contributed by atoms with van der Waals surface area (Å²) in [4.78, 5) is 22.1. The van der Waals surface area contributed by atoms with Crippen molar-refractivity contribution in [1.29, 1.82) is 0 Å². The van der Waals surface area contributed by atoms with Gasteiger partial charge in [-0.3, -0.25) is 20.2 Å². The number of hydrogen-bond donors (Lipinski definition) is 3. The topological polar surface area (TPSA) is 83.9 Å². The Morgan fingerprint density at radius 3 is 2.67 bits per heavy atom. The van der Waals surface area contributed by atoms with Crippen molar-refractivity contribution in [3.05, 3.63) is 42.1 Å². The highest BCUT2D eigenvalue weighted by Gasteiger charge is 2.46. The molecule has 1 amide bonds. The van der Waals surface area contributed by atoms with Gasteiger partial charge >= 0.3 is 0 Å². The van der Waals surface area contributed by atoms with Crippen molar-refractivity contribution in [1.82, 2.24) is 20.0 Å². The molecule has 138 valence electrons. The molecule has 1 saturated carbocycles. The quantitative estimate of drug-likeness (QED) is 0.649. The summed E-state index contributed by atoms with van der Waals surface area (Å²) >= 11 is 0. The number of fused-ring (bicyclic) bond motifs is 4. The van der Waals surface area contributed by atoms with E-state index in [-0.39, 0.29) is 5.91 Å². The van der Waals surface area contributed by atoms with Gasteiger partial charge in [0.2, 0.25) is 5.95 Å². The van der Waals surface area contributed by atoms with Gasteiger partial charge in [0.25, 0.3) is 5.91 Å². The van der Waals surface area contributed by atoms with Crippen LogP contribution in [0.15, 0.2) is 36.5 Å². The molecule has 1 aromatic carbocycles. The largest absolute Gasteiger partial charge is 0.324 e. The Labute approximate surface area is 157 Å². The molecule has 27 heavy (non-hydrogen) atoms. The van der Waals surface area contributed by atoms with Crippen LogP contribution in [-0.4, -0.2) is 20.4 Å². The Morgan fingerprint density at radius 1 is 1.11 bits per heavy atom. The fourth-order valence-electron chi connectivity index (χ4n) is 4.27. The first-order chi connectivity index (χ1) is 13.2. The van der Waals surface area contributed by atoms with Crippen molar-refractivity contribution in [3.63, 3.8) is 0 Å². The van der Waals surface area contributed by atoms with E-state index in [1.807, 2.05) is 36.5 Å². The molecule has 1 aliphatic heterocycles. The molecule has 2 aliphatic rings. The number of nitrogens with zero attached hydrogens (tertiary/aromatic N) is 3. The average molecular weight is 362 g/mol. The summed E-state index contributed by atoms with van der Waals surface area (Å²) in [6.45, 7) is 2.06. The van der Waals surface area contributed by atoms with E-state index in [4.69, 9.17) is 4.98 Å². The molecule has 0 saturated heterocycles. The number of carbonyl (C=O) groups excluding carboxylic acids is 1. The maximum Gasteiger partial charge on any atom is 0.264 e. The normalized spacial score (nSPS) is 18.0. The van der Waals surface area contributed by atoms with Crippen molar-refractivity contribution < 1.29 is 4.79 Å². The van der Waals surface area contributed by atoms with Crippen molar-refractivity contribution in [2.75, 3.05) is 10.7 Å². The molecule has 7 nitrogen and oxygen atoms in total. The smallest absolute Gasteiger partial charge is 0.264 e. The molecule has 0 bridgehead atoms. The zero-order valence-electron chi connectivity index (χ0n) is 15.2. The van der Waals surface area contributed by atoms with Crippen molar-refractivity contribution in [2.45, 2.75) is 44.6 Å². The zero-order valence-corrected chi connectivity index (χ0v) is 15.2. The number of carbonyl (C=O) groups is 1. The molecule has 0 unspecified atom stereocenters. The van der Waals surface area contributed by atoms with Crippen LogP contribution in [0, 0.1) is 6.92 Å². The molecule has 0 radical (unpaired) electrons.